The molecule has 0 saturated carbocycles. The molecule has 2 rings (SSSR count). The highest BCUT2D eigenvalue weighted by atomic mass is 35.5. The molecule has 3 nitrogen and oxygen atoms in total. The van der Waals surface area contributed by atoms with Crippen LogP contribution in [0.25, 0.3) is 0 Å². The molecule has 0 fully saturated rings. The van der Waals surface area contributed by atoms with E-state index in [0.717, 1.165) is 23.4 Å². The fourth-order valence-electron chi connectivity index (χ4n) is 2.04. The van der Waals surface area contributed by atoms with Crippen molar-refractivity contribution in [2.75, 3.05) is 13.1 Å². The highest BCUT2D eigenvalue weighted by molar-refractivity contribution is 6.31. The number of nitrogens with one attached hydrogen (secondary N) is 2. The van der Waals surface area contributed by atoms with Gasteiger partial charge >= 0.3 is 6.03 Å². The van der Waals surface area contributed by atoms with Crippen LogP contribution in [0.1, 0.15) is 11.1 Å². The largest absolute Gasteiger partial charge is 0.338 e. The van der Waals surface area contributed by atoms with Crippen LogP contribution >= 0.6 is 11.6 Å². The molecule has 21 heavy (non-hydrogen) atoms. The third-order valence-electron chi connectivity index (χ3n) is 3.18. The van der Waals surface area contributed by atoms with Crippen LogP contribution in [-0.4, -0.2) is 19.1 Å². The van der Waals surface area contributed by atoms with Gasteiger partial charge in [0.1, 0.15) is 0 Å². The van der Waals surface area contributed by atoms with Gasteiger partial charge in [-0.2, -0.15) is 0 Å². The van der Waals surface area contributed by atoms with Crippen molar-refractivity contribution in [1.29, 1.82) is 0 Å². The summed E-state index contributed by atoms with van der Waals surface area (Å²) in [6.45, 7) is 1.20. The Hall–Kier alpha value is -2.00. The van der Waals surface area contributed by atoms with Crippen molar-refractivity contribution in [1.82, 2.24) is 10.6 Å². The minimum atomic E-state index is -0.141. The minimum absolute atomic E-state index is 0.141. The molecule has 0 aliphatic carbocycles. The normalized spacial score (nSPS) is 10.1. The van der Waals surface area contributed by atoms with Gasteiger partial charge in [-0.25, -0.2) is 4.79 Å². The molecule has 0 heterocycles. The summed E-state index contributed by atoms with van der Waals surface area (Å²) in [5.41, 5.74) is 2.26. The Labute approximate surface area is 130 Å². The zero-order chi connectivity index (χ0) is 14.9. The maximum Gasteiger partial charge on any atom is 0.314 e. The van der Waals surface area contributed by atoms with E-state index in [0.29, 0.717) is 13.1 Å². The van der Waals surface area contributed by atoms with Gasteiger partial charge in [0.25, 0.3) is 0 Å². The molecule has 0 aliphatic heterocycles. The molecule has 0 atom stereocenters. The number of benzene rings is 2. The average molecular weight is 303 g/mol. The van der Waals surface area contributed by atoms with E-state index in [2.05, 4.69) is 22.8 Å². The third kappa shape index (κ3) is 5.48. The van der Waals surface area contributed by atoms with E-state index < -0.39 is 0 Å². The SMILES string of the molecule is O=C(NCCc1ccccc1)NCCc1ccccc1Cl. The van der Waals surface area contributed by atoms with Crippen LogP contribution in [0.2, 0.25) is 5.02 Å². The lowest BCUT2D eigenvalue weighted by Crippen LogP contribution is -2.37. The molecule has 4 heteroatoms. The second-order valence-electron chi connectivity index (χ2n) is 4.76. The molecule has 0 unspecified atom stereocenters. The Morgan fingerprint density at radius 1 is 0.857 bits per heavy atom. The van der Waals surface area contributed by atoms with Crippen molar-refractivity contribution in [2.24, 2.45) is 0 Å². The predicted molar refractivity (Wildman–Crippen MR) is 86.7 cm³/mol. The Morgan fingerprint density at radius 2 is 1.48 bits per heavy atom. The predicted octanol–water partition coefficient (Wildman–Crippen LogP) is 3.42. The second-order valence-corrected chi connectivity index (χ2v) is 5.17. The highest BCUT2D eigenvalue weighted by Gasteiger charge is 2.02. The van der Waals surface area contributed by atoms with E-state index in [4.69, 9.17) is 11.6 Å². The first-order valence-electron chi connectivity index (χ1n) is 7.05. The van der Waals surface area contributed by atoms with E-state index in [9.17, 15) is 4.79 Å². The third-order valence-corrected chi connectivity index (χ3v) is 3.55. The lowest BCUT2D eigenvalue weighted by Gasteiger charge is -2.08. The van der Waals surface area contributed by atoms with Gasteiger partial charge in [0.05, 0.1) is 0 Å². The number of halogens is 1. The molecule has 2 aromatic rings. The topological polar surface area (TPSA) is 41.1 Å². The Bertz CT molecular complexity index is 572. The van der Waals surface area contributed by atoms with E-state index in [1.165, 1.54) is 5.56 Å². The number of hydrogen-bond donors (Lipinski definition) is 2. The lowest BCUT2D eigenvalue weighted by molar-refractivity contribution is 0.241. The highest BCUT2D eigenvalue weighted by Crippen LogP contribution is 2.14. The molecule has 0 aromatic heterocycles. The van der Waals surface area contributed by atoms with Crippen molar-refractivity contribution in [3.63, 3.8) is 0 Å². The van der Waals surface area contributed by atoms with Crippen LogP contribution in [0.4, 0.5) is 4.79 Å². The summed E-state index contributed by atoms with van der Waals surface area (Å²) in [6.07, 6.45) is 1.56. The van der Waals surface area contributed by atoms with Gasteiger partial charge in [0.2, 0.25) is 0 Å². The van der Waals surface area contributed by atoms with Crippen LogP contribution in [0.15, 0.2) is 54.6 Å². The van der Waals surface area contributed by atoms with Gasteiger partial charge in [0, 0.05) is 18.1 Å². The smallest absolute Gasteiger partial charge is 0.314 e. The van der Waals surface area contributed by atoms with E-state index in [-0.39, 0.29) is 6.03 Å². The first-order chi connectivity index (χ1) is 10.3. The van der Waals surface area contributed by atoms with Crippen molar-refractivity contribution in [3.05, 3.63) is 70.7 Å². The summed E-state index contributed by atoms with van der Waals surface area (Å²) in [5.74, 6) is 0. The molecule has 2 aromatic carbocycles. The van der Waals surface area contributed by atoms with Crippen LogP contribution in [0, 0.1) is 0 Å². The first kappa shape index (κ1) is 15.4. The quantitative estimate of drug-likeness (QED) is 0.843. The van der Waals surface area contributed by atoms with Gasteiger partial charge < -0.3 is 10.6 Å². The van der Waals surface area contributed by atoms with Gasteiger partial charge in [-0.15, -0.1) is 0 Å². The van der Waals surface area contributed by atoms with Gasteiger partial charge in [-0.1, -0.05) is 60.1 Å². The summed E-state index contributed by atoms with van der Waals surface area (Å²) < 4.78 is 0. The summed E-state index contributed by atoms with van der Waals surface area (Å²) in [4.78, 5) is 11.7. The van der Waals surface area contributed by atoms with Crippen molar-refractivity contribution in [2.45, 2.75) is 12.8 Å². The molecule has 0 radical (unpaired) electrons. The summed E-state index contributed by atoms with van der Waals surface area (Å²) >= 11 is 6.06. The van der Waals surface area contributed by atoms with Crippen LogP contribution < -0.4 is 10.6 Å². The van der Waals surface area contributed by atoms with Gasteiger partial charge in [-0.05, 0) is 30.0 Å². The van der Waals surface area contributed by atoms with E-state index >= 15 is 0 Å². The average Bonchev–Trinajstić information content (AvgIpc) is 2.50. The zero-order valence-corrected chi connectivity index (χ0v) is 12.6. The number of rotatable bonds is 6. The molecule has 0 bridgehead atoms. The molecule has 0 aliphatic rings. The minimum Gasteiger partial charge on any atom is -0.338 e. The molecule has 0 saturated heterocycles. The Kier molecular flexibility index (Phi) is 6.10. The van der Waals surface area contributed by atoms with Crippen LogP contribution in [0.3, 0.4) is 0 Å². The summed E-state index contributed by atoms with van der Waals surface area (Å²) in [7, 11) is 0. The number of hydrogen-bond acceptors (Lipinski definition) is 1. The van der Waals surface area contributed by atoms with Crippen LogP contribution in [-0.2, 0) is 12.8 Å². The fraction of sp³-hybridized carbons (Fsp3) is 0.235. The van der Waals surface area contributed by atoms with Crippen molar-refractivity contribution < 1.29 is 4.79 Å². The standard InChI is InChI=1S/C17H19ClN2O/c18-16-9-5-4-8-15(16)11-13-20-17(21)19-12-10-14-6-2-1-3-7-14/h1-9H,10-13H2,(H2,19,20,21). The molecule has 0 spiro atoms. The molecular weight excluding hydrogens is 284 g/mol. The molecule has 2 N–H and O–H groups in total. The zero-order valence-electron chi connectivity index (χ0n) is 11.8. The van der Waals surface area contributed by atoms with Gasteiger partial charge in [-0.3, -0.25) is 0 Å². The fourth-order valence-corrected chi connectivity index (χ4v) is 2.27. The number of amides is 2. The number of urea groups is 1. The Balaban J connectivity index is 1.63. The van der Waals surface area contributed by atoms with Crippen LogP contribution in [0.5, 0.6) is 0 Å². The Morgan fingerprint density at radius 3 is 2.19 bits per heavy atom. The molecule has 110 valence electrons. The number of carbonyl (C=O) groups excluding carboxylic acids is 1. The maximum atomic E-state index is 11.7. The second kappa shape index (κ2) is 8.32. The molecule has 2 amide bonds. The van der Waals surface area contributed by atoms with E-state index in [1.54, 1.807) is 0 Å². The van der Waals surface area contributed by atoms with Gasteiger partial charge in [0.15, 0.2) is 0 Å². The monoisotopic (exact) mass is 302 g/mol. The number of carbonyl (C=O) groups is 1. The summed E-state index contributed by atoms with van der Waals surface area (Å²) in [5, 5.41) is 6.42. The summed E-state index contributed by atoms with van der Waals surface area (Å²) in [6, 6.07) is 17.6. The van der Waals surface area contributed by atoms with Crippen molar-refractivity contribution in [3.8, 4) is 0 Å². The van der Waals surface area contributed by atoms with Crippen molar-refractivity contribution >= 4 is 17.6 Å². The maximum absolute atomic E-state index is 11.7. The van der Waals surface area contributed by atoms with E-state index in [1.807, 2.05) is 42.5 Å². The lowest BCUT2D eigenvalue weighted by atomic mass is 10.1. The first-order valence-corrected chi connectivity index (χ1v) is 7.42. The molecular formula is C17H19ClN2O.